The van der Waals surface area contributed by atoms with Crippen molar-refractivity contribution in [2.45, 2.75) is 38.0 Å². The van der Waals surface area contributed by atoms with Crippen molar-refractivity contribution in [1.82, 2.24) is 9.88 Å². The molecule has 1 aromatic rings. The number of alkyl halides is 3. The number of aromatic nitrogens is 1. The van der Waals surface area contributed by atoms with E-state index in [0.29, 0.717) is 5.82 Å². The minimum absolute atomic E-state index is 0.142. The second kappa shape index (κ2) is 7.20. The number of anilines is 2. The average molecular weight is 347 g/mol. The molecule has 24 heavy (non-hydrogen) atoms. The maximum absolute atomic E-state index is 12.7. The van der Waals surface area contributed by atoms with Crippen LogP contribution in [0.25, 0.3) is 0 Å². The highest BCUT2D eigenvalue weighted by Gasteiger charge is 2.37. The van der Waals surface area contributed by atoms with Crippen molar-refractivity contribution in [2.24, 2.45) is 0 Å². The number of nitrogens with zero attached hydrogens (tertiary/aromatic N) is 3. The summed E-state index contributed by atoms with van der Waals surface area (Å²) in [5, 5.41) is 16.3. The van der Waals surface area contributed by atoms with Crippen molar-refractivity contribution in [3.05, 3.63) is 22.4 Å². The van der Waals surface area contributed by atoms with E-state index < -0.39 is 22.8 Å². The van der Waals surface area contributed by atoms with Gasteiger partial charge in [-0.15, -0.1) is 0 Å². The number of pyridine rings is 1. The molecule has 2 N–H and O–H groups in total. The van der Waals surface area contributed by atoms with Gasteiger partial charge in [0.25, 0.3) is 0 Å². The molecule has 1 saturated heterocycles. The lowest BCUT2D eigenvalue weighted by Crippen LogP contribution is -2.37. The molecule has 0 aromatic carbocycles. The molecule has 0 aliphatic carbocycles. The van der Waals surface area contributed by atoms with Gasteiger partial charge in [-0.1, -0.05) is 0 Å². The average Bonchev–Trinajstić information content (AvgIpc) is 2.48. The molecule has 1 unspecified atom stereocenters. The molecule has 1 aliphatic heterocycles. The first kappa shape index (κ1) is 18.2. The zero-order valence-corrected chi connectivity index (χ0v) is 13.4. The Balaban J connectivity index is 2.16. The Morgan fingerprint density at radius 3 is 2.58 bits per heavy atom. The van der Waals surface area contributed by atoms with Gasteiger partial charge in [-0.25, -0.2) is 4.98 Å². The molecule has 1 aliphatic rings. The third kappa shape index (κ3) is 4.70. The Hall–Kier alpha value is -2.10. The third-order valence-electron chi connectivity index (χ3n) is 4.01. The number of hydrogen-bond donors (Lipinski definition) is 2. The smallest absolute Gasteiger partial charge is 0.368 e. The summed E-state index contributed by atoms with van der Waals surface area (Å²) in [5.74, 6) is 0.326. The van der Waals surface area contributed by atoms with Crippen LogP contribution in [0.5, 0.6) is 0 Å². The minimum Gasteiger partial charge on any atom is -0.368 e. The summed E-state index contributed by atoms with van der Waals surface area (Å²) in [7, 11) is 2.01. The molecule has 1 aromatic heterocycles. The van der Waals surface area contributed by atoms with Crippen LogP contribution in [0.15, 0.2) is 12.3 Å². The molecular formula is C14H20F3N5O2. The molecule has 10 heteroatoms. The van der Waals surface area contributed by atoms with Crippen LogP contribution >= 0.6 is 0 Å². The van der Waals surface area contributed by atoms with E-state index >= 15 is 0 Å². The van der Waals surface area contributed by atoms with E-state index in [4.69, 9.17) is 0 Å². The fraction of sp³-hybridized carbons (Fsp3) is 0.643. The van der Waals surface area contributed by atoms with E-state index in [9.17, 15) is 23.3 Å². The van der Waals surface area contributed by atoms with Crippen LogP contribution in [0.1, 0.15) is 19.8 Å². The number of piperidine rings is 1. The number of nitrogens with one attached hydrogen (secondary N) is 2. The zero-order valence-electron chi connectivity index (χ0n) is 13.4. The van der Waals surface area contributed by atoms with Crippen molar-refractivity contribution in [1.29, 1.82) is 0 Å². The second-order valence-electron chi connectivity index (χ2n) is 5.97. The van der Waals surface area contributed by atoms with Crippen molar-refractivity contribution in [2.75, 3.05) is 30.8 Å². The predicted octanol–water partition coefficient (Wildman–Crippen LogP) is 2.86. The van der Waals surface area contributed by atoms with Gasteiger partial charge in [0.15, 0.2) is 0 Å². The van der Waals surface area contributed by atoms with Crippen molar-refractivity contribution >= 4 is 17.2 Å². The molecule has 1 atom stereocenters. The third-order valence-corrected chi connectivity index (χ3v) is 4.01. The van der Waals surface area contributed by atoms with E-state index in [2.05, 4.69) is 20.5 Å². The lowest BCUT2D eigenvalue weighted by atomic mass is 10.1. The summed E-state index contributed by atoms with van der Waals surface area (Å²) in [6.45, 7) is 2.72. The first-order chi connectivity index (χ1) is 11.2. The van der Waals surface area contributed by atoms with Gasteiger partial charge in [0.2, 0.25) is 0 Å². The normalized spacial score (nSPS) is 18.2. The summed E-state index contributed by atoms with van der Waals surface area (Å²) in [5.41, 5.74) is -0.685. The Labute approximate surface area is 137 Å². The van der Waals surface area contributed by atoms with Crippen LogP contribution in [0.3, 0.4) is 0 Å². The Morgan fingerprint density at radius 2 is 2.04 bits per heavy atom. The summed E-state index contributed by atoms with van der Waals surface area (Å²) < 4.78 is 38.1. The van der Waals surface area contributed by atoms with E-state index in [1.807, 2.05) is 7.05 Å². The standard InChI is InChI=1S/C14H20F3N5O2/c1-9(14(15,16)17)19-11-7-13(18-8-12(11)22(23)24)20-10-3-5-21(2)6-4-10/h7-10H,3-6H2,1-2H3,(H2,18,19,20). The monoisotopic (exact) mass is 347 g/mol. The highest BCUT2D eigenvalue weighted by molar-refractivity contribution is 5.65. The SMILES string of the molecule is CC(Nc1cc(NC2CCN(C)CC2)ncc1[N+](=O)[O-])C(F)(F)F. The molecule has 134 valence electrons. The number of hydrogen-bond acceptors (Lipinski definition) is 6. The van der Waals surface area contributed by atoms with Gasteiger partial charge in [0, 0.05) is 12.1 Å². The Kier molecular flexibility index (Phi) is 5.47. The quantitative estimate of drug-likeness (QED) is 0.629. The number of likely N-dealkylation sites (tertiary alicyclic amines) is 1. The minimum atomic E-state index is -4.50. The van der Waals surface area contributed by atoms with Crippen molar-refractivity contribution < 1.29 is 18.1 Å². The largest absolute Gasteiger partial charge is 0.408 e. The van der Waals surface area contributed by atoms with Gasteiger partial charge in [-0.05, 0) is 39.9 Å². The topological polar surface area (TPSA) is 83.3 Å². The number of halogens is 3. The maximum Gasteiger partial charge on any atom is 0.408 e. The van der Waals surface area contributed by atoms with Crippen LogP contribution in [-0.2, 0) is 0 Å². The predicted molar refractivity (Wildman–Crippen MR) is 84.2 cm³/mol. The summed E-state index contributed by atoms with van der Waals surface area (Å²) in [4.78, 5) is 16.4. The molecule has 0 amide bonds. The first-order valence-corrected chi connectivity index (χ1v) is 7.59. The molecular weight excluding hydrogens is 327 g/mol. The maximum atomic E-state index is 12.7. The lowest BCUT2D eigenvalue weighted by molar-refractivity contribution is -0.384. The van der Waals surface area contributed by atoms with Gasteiger partial charge in [0.05, 0.1) is 4.92 Å². The fourth-order valence-corrected chi connectivity index (χ4v) is 2.47. The van der Waals surface area contributed by atoms with Gasteiger partial charge >= 0.3 is 11.9 Å². The van der Waals surface area contributed by atoms with Gasteiger partial charge < -0.3 is 15.5 Å². The van der Waals surface area contributed by atoms with E-state index in [1.165, 1.54) is 6.07 Å². The second-order valence-corrected chi connectivity index (χ2v) is 5.97. The summed E-state index contributed by atoms with van der Waals surface area (Å²) in [6, 6.07) is -0.503. The van der Waals surface area contributed by atoms with Crippen LogP contribution in [0.2, 0.25) is 0 Å². The highest BCUT2D eigenvalue weighted by atomic mass is 19.4. The molecule has 2 heterocycles. The molecule has 0 spiro atoms. The molecule has 0 saturated carbocycles. The lowest BCUT2D eigenvalue weighted by Gasteiger charge is -2.29. The van der Waals surface area contributed by atoms with Crippen LogP contribution in [-0.4, -0.2) is 53.2 Å². The Bertz CT molecular complexity index is 588. The van der Waals surface area contributed by atoms with Gasteiger partial charge in [-0.2, -0.15) is 13.2 Å². The summed E-state index contributed by atoms with van der Waals surface area (Å²) in [6.07, 6.45) is -1.78. The van der Waals surface area contributed by atoms with E-state index in [1.54, 1.807) is 0 Å². The van der Waals surface area contributed by atoms with Crippen LogP contribution in [0.4, 0.5) is 30.4 Å². The van der Waals surface area contributed by atoms with Crippen LogP contribution in [0, 0.1) is 10.1 Å². The van der Waals surface area contributed by atoms with Crippen molar-refractivity contribution in [3.63, 3.8) is 0 Å². The Morgan fingerprint density at radius 1 is 1.42 bits per heavy atom. The molecule has 0 bridgehead atoms. The molecule has 2 rings (SSSR count). The fourth-order valence-electron chi connectivity index (χ4n) is 2.47. The highest BCUT2D eigenvalue weighted by Crippen LogP contribution is 2.30. The van der Waals surface area contributed by atoms with Gasteiger partial charge in [-0.3, -0.25) is 10.1 Å². The van der Waals surface area contributed by atoms with E-state index in [0.717, 1.165) is 39.1 Å². The molecule has 0 radical (unpaired) electrons. The van der Waals surface area contributed by atoms with Crippen LogP contribution < -0.4 is 10.6 Å². The van der Waals surface area contributed by atoms with E-state index in [-0.39, 0.29) is 11.7 Å². The zero-order chi connectivity index (χ0) is 17.9. The number of nitro groups is 1. The molecule has 1 fully saturated rings. The van der Waals surface area contributed by atoms with Gasteiger partial charge in [0.1, 0.15) is 23.7 Å². The summed E-state index contributed by atoms with van der Waals surface area (Å²) >= 11 is 0. The molecule has 7 nitrogen and oxygen atoms in total. The van der Waals surface area contributed by atoms with Crippen molar-refractivity contribution in [3.8, 4) is 0 Å². The first-order valence-electron chi connectivity index (χ1n) is 7.59. The number of rotatable bonds is 5.